The molecule has 0 radical (unpaired) electrons. The van der Waals surface area contributed by atoms with Gasteiger partial charge in [0, 0.05) is 61.6 Å². The number of para-hydroxylation sites is 1. The van der Waals surface area contributed by atoms with Gasteiger partial charge in [-0.3, -0.25) is 0 Å². The summed E-state index contributed by atoms with van der Waals surface area (Å²) in [5, 5.41) is 9.88. The molecule has 1 aromatic heterocycles. The number of ether oxygens (including phenoxy) is 1. The highest BCUT2D eigenvalue weighted by Crippen LogP contribution is 2.32. The first-order valence-electron chi connectivity index (χ1n) is 11.1. The van der Waals surface area contributed by atoms with Crippen molar-refractivity contribution in [3.63, 3.8) is 0 Å². The third-order valence-electron chi connectivity index (χ3n) is 5.57. The number of piperazine rings is 1. The summed E-state index contributed by atoms with van der Waals surface area (Å²) < 4.78 is 29.3. The topological polar surface area (TPSA) is 108 Å². The first-order valence-corrected chi connectivity index (χ1v) is 13.2. The maximum Gasteiger partial charge on any atom is 0.229 e. The quantitative estimate of drug-likeness (QED) is 0.446. The molecule has 0 amide bonds. The van der Waals surface area contributed by atoms with Gasteiger partial charge in [-0.1, -0.05) is 18.2 Å². The number of sulfone groups is 1. The fourth-order valence-electron chi connectivity index (χ4n) is 3.83. The van der Waals surface area contributed by atoms with E-state index in [0.29, 0.717) is 28.8 Å². The van der Waals surface area contributed by atoms with Gasteiger partial charge >= 0.3 is 0 Å². The number of nitrogens with one attached hydrogen (secondary N) is 3. The molecule has 1 fully saturated rings. The Morgan fingerprint density at radius 3 is 2.59 bits per heavy atom. The van der Waals surface area contributed by atoms with Gasteiger partial charge in [0.25, 0.3) is 0 Å². The van der Waals surface area contributed by atoms with Gasteiger partial charge in [0.05, 0.1) is 18.6 Å². The van der Waals surface area contributed by atoms with Crippen LogP contribution in [-0.2, 0) is 15.6 Å². The Balaban J connectivity index is 1.56. The van der Waals surface area contributed by atoms with Gasteiger partial charge in [-0.2, -0.15) is 4.98 Å². The van der Waals surface area contributed by atoms with Crippen LogP contribution in [0.1, 0.15) is 11.1 Å². The second-order valence-corrected chi connectivity index (χ2v) is 10.5. The van der Waals surface area contributed by atoms with Crippen molar-refractivity contribution in [2.45, 2.75) is 12.7 Å². The first-order chi connectivity index (χ1) is 16.3. The SMILES string of the molecule is COc1cc(N2CCNCC2)ccc1Nc1ncc(C)c(Nc2ccccc2CS(C)(=O)=O)n1. The summed E-state index contributed by atoms with van der Waals surface area (Å²) in [4.78, 5) is 11.4. The Morgan fingerprint density at radius 2 is 1.85 bits per heavy atom. The van der Waals surface area contributed by atoms with Crippen LogP contribution in [0.3, 0.4) is 0 Å². The lowest BCUT2D eigenvalue weighted by molar-refractivity contribution is 0.416. The van der Waals surface area contributed by atoms with Gasteiger partial charge in [0.2, 0.25) is 5.95 Å². The smallest absolute Gasteiger partial charge is 0.229 e. The van der Waals surface area contributed by atoms with E-state index in [-0.39, 0.29) is 5.75 Å². The lowest BCUT2D eigenvalue weighted by atomic mass is 10.2. The van der Waals surface area contributed by atoms with Crippen molar-refractivity contribution in [2.24, 2.45) is 0 Å². The third kappa shape index (κ3) is 5.95. The molecule has 1 aliphatic rings. The van der Waals surface area contributed by atoms with Gasteiger partial charge in [-0.05, 0) is 30.7 Å². The molecule has 0 atom stereocenters. The van der Waals surface area contributed by atoms with E-state index in [4.69, 9.17) is 4.74 Å². The highest BCUT2D eigenvalue weighted by Gasteiger charge is 2.15. The summed E-state index contributed by atoms with van der Waals surface area (Å²) in [5.41, 5.74) is 4.08. The van der Waals surface area contributed by atoms with E-state index in [9.17, 15) is 8.42 Å². The van der Waals surface area contributed by atoms with Crippen molar-refractivity contribution in [1.29, 1.82) is 0 Å². The second kappa shape index (κ2) is 10.3. The van der Waals surface area contributed by atoms with Crippen LogP contribution in [0.2, 0.25) is 0 Å². The Labute approximate surface area is 200 Å². The molecule has 1 saturated heterocycles. The second-order valence-electron chi connectivity index (χ2n) is 8.32. The summed E-state index contributed by atoms with van der Waals surface area (Å²) in [6.45, 7) is 5.72. The van der Waals surface area contributed by atoms with Crippen molar-refractivity contribution >= 4 is 38.7 Å². The molecule has 3 aromatic rings. The molecule has 180 valence electrons. The largest absolute Gasteiger partial charge is 0.494 e. The van der Waals surface area contributed by atoms with E-state index >= 15 is 0 Å². The molecule has 4 rings (SSSR count). The average molecular weight is 483 g/mol. The minimum absolute atomic E-state index is 0.0535. The molecule has 0 bridgehead atoms. The normalized spacial score (nSPS) is 14.0. The summed E-state index contributed by atoms with van der Waals surface area (Å²) in [7, 11) is -1.53. The zero-order valence-electron chi connectivity index (χ0n) is 19.6. The van der Waals surface area contributed by atoms with Crippen molar-refractivity contribution in [1.82, 2.24) is 15.3 Å². The molecule has 1 aliphatic heterocycles. The van der Waals surface area contributed by atoms with Gasteiger partial charge in [0.15, 0.2) is 9.84 Å². The van der Waals surface area contributed by atoms with Crippen LogP contribution in [-0.4, -0.2) is 57.9 Å². The number of aromatic nitrogens is 2. The predicted octanol–water partition coefficient (Wildman–Crippen LogP) is 3.24. The molecule has 0 aliphatic carbocycles. The van der Waals surface area contributed by atoms with Crippen LogP contribution in [0.5, 0.6) is 5.75 Å². The number of benzene rings is 2. The Hall–Kier alpha value is -3.37. The molecule has 0 unspecified atom stereocenters. The Morgan fingerprint density at radius 1 is 1.09 bits per heavy atom. The van der Waals surface area contributed by atoms with Crippen LogP contribution in [0.25, 0.3) is 0 Å². The number of rotatable bonds is 8. The van der Waals surface area contributed by atoms with E-state index in [1.165, 1.54) is 6.26 Å². The molecule has 2 aromatic carbocycles. The monoisotopic (exact) mass is 482 g/mol. The Bertz CT molecular complexity index is 1260. The number of nitrogens with zero attached hydrogens (tertiary/aromatic N) is 3. The molecular formula is C24H30N6O3S. The molecule has 2 heterocycles. The predicted molar refractivity (Wildman–Crippen MR) is 136 cm³/mol. The van der Waals surface area contributed by atoms with Crippen LogP contribution in [0, 0.1) is 6.92 Å². The van der Waals surface area contributed by atoms with Crippen LogP contribution in [0.4, 0.5) is 28.8 Å². The standard InChI is InChI=1S/C24H30N6O3S/c1-17-15-26-24(29-23(17)27-20-7-5-4-6-18(20)16-34(3,31)32)28-21-9-8-19(14-22(21)33-2)30-12-10-25-11-13-30/h4-9,14-15,25H,10-13,16H2,1-3H3,(H2,26,27,28,29). The summed E-state index contributed by atoms with van der Waals surface area (Å²) >= 11 is 0. The molecule has 9 nitrogen and oxygen atoms in total. The maximum atomic E-state index is 11.8. The van der Waals surface area contributed by atoms with Crippen molar-refractivity contribution < 1.29 is 13.2 Å². The van der Waals surface area contributed by atoms with E-state index in [1.54, 1.807) is 19.4 Å². The number of methoxy groups -OCH3 is 1. The number of hydrogen-bond donors (Lipinski definition) is 3. The number of aryl methyl sites for hydroxylation is 1. The van der Waals surface area contributed by atoms with Crippen molar-refractivity contribution in [3.05, 3.63) is 59.8 Å². The van der Waals surface area contributed by atoms with Crippen LogP contribution < -0.4 is 25.6 Å². The first kappa shape index (κ1) is 23.8. The third-order valence-corrected chi connectivity index (χ3v) is 6.41. The maximum absolute atomic E-state index is 11.8. The van der Waals surface area contributed by atoms with Gasteiger partial charge in [-0.25, -0.2) is 13.4 Å². The van der Waals surface area contributed by atoms with Gasteiger partial charge in [-0.15, -0.1) is 0 Å². The zero-order valence-corrected chi connectivity index (χ0v) is 20.4. The molecule has 0 spiro atoms. The molecule has 3 N–H and O–H groups in total. The highest BCUT2D eigenvalue weighted by molar-refractivity contribution is 7.89. The molecule has 34 heavy (non-hydrogen) atoms. The summed E-state index contributed by atoms with van der Waals surface area (Å²) in [6.07, 6.45) is 2.95. The van der Waals surface area contributed by atoms with E-state index in [1.807, 2.05) is 37.3 Å². The van der Waals surface area contributed by atoms with Crippen molar-refractivity contribution in [2.75, 3.05) is 55.1 Å². The highest BCUT2D eigenvalue weighted by atomic mass is 32.2. The molecule has 10 heteroatoms. The molecular weight excluding hydrogens is 452 g/mol. The Kier molecular flexibility index (Phi) is 7.18. The number of anilines is 5. The lowest BCUT2D eigenvalue weighted by Gasteiger charge is -2.30. The van der Waals surface area contributed by atoms with Gasteiger partial charge in [0.1, 0.15) is 11.6 Å². The lowest BCUT2D eigenvalue weighted by Crippen LogP contribution is -2.43. The van der Waals surface area contributed by atoms with Crippen LogP contribution >= 0.6 is 0 Å². The summed E-state index contributed by atoms with van der Waals surface area (Å²) in [6, 6.07) is 13.4. The minimum Gasteiger partial charge on any atom is -0.494 e. The fourth-order valence-corrected chi connectivity index (χ4v) is 4.65. The summed E-state index contributed by atoms with van der Waals surface area (Å²) in [5.74, 6) is 1.65. The fraction of sp³-hybridized carbons (Fsp3) is 0.333. The minimum atomic E-state index is -3.18. The van der Waals surface area contributed by atoms with E-state index in [0.717, 1.165) is 43.1 Å². The number of hydrogen-bond acceptors (Lipinski definition) is 9. The van der Waals surface area contributed by atoms with E-state index in [2.05, 4.69) is 36.9 Å². The van der Waals surface area contributed by atoms with Gasteiger partial charge < -0.3 is 25.6 Å². The van der Waals surface area contributed by atoms with Crippen LogP contribution in [0.15, 0.2) is 48.7 Å². The van der Waals surface area contributed by atoms with Crippen molar-refractivity contribution in [3.8, 4) is 5.75 Å². The zero-order chi connectivity index (χ0) is 24.1. The average Bonchev–Trinajstić information content (AvgIpc) is 2.82. The van der Waals surface area contributed by atoms with E-state index < -0.39 is 9.84 Å². The molecule has 0 saturated carbocycles.